The van der Waals surface area contributed by atoms with Crippen LogP contribution in [0.2, 0.25) is 0 Å². The molecule has 0 heterocycles. The predicted octanol–water partition coefficient (Wildman–Crippen LogP) is 2.62. The zero-order valence-electron chi connectivity index (χ0n) is 8.66. The maximum atomic E-state index is 4.90. The minimum atomic E-state index is 0.504. The van der Waals surface area contributed by atoms with Crippen molar-refractivity contribution in [1.82, 2.24) is 0 Å². The maximum Gasteiger partial charge on any atom is 0.106 e. The molecular formula is C12H15NO. The third-order valence-electron chi connectivity index (χ3n) is 2.80. The second-order valence-corrected chi connectivity index (χ2v) is 3.76. The summed E-state index contributed by atoms with van der Waals surface area (Å²) in [6.45, 7) is 2.20. The molecule has 1 aliphatic rings. The first kappa shape index (κ1) is 9.25. The van der Waals surface area contributed by atoms with Gasteiger partial charge in [0.05, 0.1) is 5.71 Å². The van der Waals surface area contributed by atoms with Gasteiger partial charge in [-0.05, 0) is 18.4 Å². The lowest BCUT2D eigenvalue weighted by atomic mass is 9.83. The van der Waals surface area contributed by atoms with Crippen molar-refractivity contribution in [3.8, 4) is 0 Å². The van der Waals surface area contributed by atoms with Crippen molar-refractivity contribution in [3.63, 3.8) is 0 Å². The zero-order chi connectivity index (χ0) is 9.97. The van der Waals surface area contributed by atoms with Gasteiger partial charge >= 0.3 is 0 Å². The first-order valence-corrected chi connectivity index (χ1v) is 5.02. The molecule has 2 heteroatoms. The van der Waals surface area contributed by atoms with Gasteiger partial charge in [-0.2, -0.15) is 0 Å². The van der Waals surface area contributed by atoms with Gasteiger partial charge < -0.3 is 4.84 Å². The van der Waals surface area contributed by atoms with Crippen LogP contribution >= 0.6 is 0 Å². The zero-order valence-corrected chi connectivity index (χ0v) is 8.66. The van der Waals surface area contributed by atoms with Gasteiger partial charge in [0.2, 0.25) is 0 Å². The Hall–Kier alpha value is -1.31. The van der Waals surface area contributed by atoms with Crippen LogP contribution < -0.4 is 0 Å². The Morgan fingerprint density at radius 1 is 1.36 bits per heavy atom. The monoisotopic (exact) mass is 189 g/mol. The Morgan fingerprint density at radius 2 is 2.14 bits per heavy atom. The molecule has 1 unspecified atom stereocenters. The molecule has 0 spiro atoms. The summed E-state index contributed by atoms with van der Waals surface area (Å²) in [6.07, 6.45) is 2.32. The third kappa shape index (κ3) is 1.52. The van der Waals surface area contributed by atoms with E-state index in [2.05, 4.69) is 36.3 Å². The van der Waals surface area contributed by atoms with Crippen molar-refractivity contribution in [1.29, 1.82) is 0 Å². The molecule has 14 heavy (non-hydrogen) atoms. The van der Waals surface area contributed by atoms with Gasteiger partial charge in [-0.3, -0.25) is 0 Å². The van der Waals surface area contributed by atoms with Gasteiger partial charge in [-0.25, -0.2) is 0 Å². The molecule has 2 nitrogen and oxygen atoms in total. The molecule has 0 radical (unpaired) electrons. The van der Waals surface area contributed by atoms with Crippen LogP contribution in [-0.4, -0.2) is 12.8 Å². The van der Waals surface area contributed by atoms with E-state index in [1.165, 1.54) is 17.5 Å². The Balaban J connectivity index is 2.46. The van der Waals surface area contributed by atoms with Crippen LogP contribution in [0.25, 0.3) is 0 Å². The van der Waals surface area contributed by atoms with Gasteiger partial charge in [0.25, 0.3) is 0 Å². The van der Waals surface area contributed by atoms with E-state index in [1.54, 1.807) is 7.11 Å². The standard InChI is InChI=1S/C12H15NO/c1-9-7-8-10-5-3-4-6-11(10)12(9)13-14-2/h3-6,9H,7-8H2,1-2H3/b13-12-. The molecule has 0 bridgehead atoms. The molecule has 2 rings (SSSR count). The van der Waals surface area contributed by atoms with E-state index in [1.807, 2.05) is 0 Å². The summed E-state index contributed by atoms with van der Waals surface area (Å²) in [5.74, 6) is 0.504. The van der Waals surface area contributed by atoms with Crippen molar-refractivity contribution in [2.24, 2.45) is 11.1 Å². The number of hydrogen-bond donors (Lipinski definition) is 0. The van der Waals surface area contributed by atoms with E-state index in [9.17, 15) is 0 Å². The highest BCUT2D eigenvalue weighted by atomic mass is 16.6. The number of hydrogen-bond acceptors (Lipinski definition) is 2. The lowest BCUT2D eigenvalue weighted by Gasteiger charge is -2.22. The van der Waals surface area contributed by atoms with Crippen LogP contribution in [-0.2, 0) is 11.3 Å². The van der Waals surface area contributed by atoms with Gasteiger partial charge in [0, 0.05) is 11.5 Å². The molecule has 0 aliphatic heterocycles. The first-order chi connectivity index (χ1) is 6.83. The molecule has 0 saturated carbocycles. The van der Waals surface area contributed by atoms with Crippen LogP contribution in [0.15, 0.2) is 29.4 Å². The van der Waals surface area contributed by atoms with E-state index in [0.29, 0.717) is 5.92 Å². The Bertz CT molecular complexity index is 357. The van der Waals surface area contributed by atoms with Gasteiger partial charge in [0.15, 0.2) is 0 Å². The van der Waals surface area contributed by atoms with Crippen LogP contribution in [0, 0.1) is 5.92 Å². The highest BCUT2D eigenvalue weighted by molar-refractivity contribution is 6.03. The number of fused-ring (bicyclic) bond motifs is 1. The summed E-state index contributed by atoms with van der Waals surface area (Å²) >= 11 is 0. The van der Waals surface area contributed by atoms with Crippen LogP contribution in [0.5, 0.6) is 0 Å². The fourth-order valence-electron chi connectivity index (χ4n) is 2.00. The lowest BCUT2D eigenvalue weighted by molar-refractivity contribution is 0.211. The lowest BCUT2D eigenvalue weighted by Crippen LogP contribution is -2.21. The molecule has 0 fully saturated rings. The van der Waals surface area contributed by atoms with Crippen LogP contribution in [0.3, 0.4) is 0 Å². The van der Waals surface area contributed by atoms with Crippen LogP contribution in [0.4, 0.5) is 0 Å². The van der Waals surface area contributed by atoms with Crippen molar-refractivity contribution in [3.05, 3.63) is 35.4 Å². The molecule has 0 N–H and O–H groups in total. The Labute approximate surface area is 84.6 Å². The molecule has 0 saturated heterocycles. The second kappa shape index (κ2) is 3.82. The molecular weight excluding hydrogens is 174 g/mol. The van der Waals surface area contributed by atoms with E-state index in [4.69, 9.17) is 4.84 Å². The summed E-state index contributed by atoms with van der Waals surface area (Å²) in [4.78, 5) is 4.90. The maximum absolute atomic E-state index is 4.90. The van der Waals surface area contributed by atoms with Gasteiger partial charge in [0.1, 0.15) is 7.11 Å². The second-order valence-electron chi connectivity index (χ2n) is 3.76. The molecule has 1 atom stereocenters. The minimum absolute atomic E-state index is 0.504. The SMILES string of the molecule is CO/N=C1\c2ccccc2CCC1C. The van der Waals surface area contributed by atoms with Crippen LogP contribution in [0.1, 0.15) is 24.5 Å². The van der Waals surface area contributed by atoms with Gasteiger partial charge in [-0.15, -0.1) is 0 Å². The topological polar surface area (TPSA) is 21.6 Å². The molecule has 74 valence electrons. The third-order valence-corrected chi connectivity index (χ3v) is 2.80. The van der Waals surface area contributed by atoms with Crippen molar-refractivity contribution < 1.29 is 4.84 Å². The van der Waals surface area contributed by atoms with Crippen molar-refractivity contribution in [2.45, 2.75) is 19.8 Å². The number of aryl methyl sites for hydroxylation is 1. The van der Waals surface area contributed by atoms with E-state index < -0.39 is 0 Å². The largest absolute Gasteiger partial charge is 0.399 e. The summed E-state index contributed by atoms with van der Waals surface area (Å²) in [5.41, 5.74) is 3.74. The molecule has 1 aliphatic carbocycles. The average Bonchev–Trinajstić information content (AvgIpc) is 2.23. The molecule has 0 aromatic heterocycles. The smallest absolute Gasteiger partial charge is 0.106 e. The minimum Gasteiger partial charge on any atom is -0.399 e. The molecule has 1 aromatic carbocycles. The molecule has 0 amide bonds. The normalized spacial score (nSPS) is 23.3. The summed E-state index contributed by atoms with van der Waals surface area (Å²) in [7, 11) is 1.61. The number of nitrogens with zero attached hydrogens (tertiary/aromatic N) is 1. The fourth-order valence-corrected chi connectivity index (χ4v) is 2.00. The van der Waals surface area contributed by atoms with E-state index >= 15 is 0 Å². The fraction of sp³-hybridized carbons (Fsp3) is 0.417. The Kier molecular flexibility index (Phi) is 2.53. The summed E-state index contributed by atoms with van der Waals surface area (Å²) in [5, 5.41) is 4.12. The van der Waals surface area contributed by atoms with E-state index in [-0.39, 0.29) is 0 Å². The quantitative estimate of drug-likeness (QED) is 0.622. The average molecular weight is 189 g/mol. The van der Waals surface area contributed by atoms with Crippen molar-refractivity contribution >= 4 is 5.71 Å². The van der Waals surface area contributed by atoms with Gasteiger partial charge in [-0.1, -0.05) is 36.3 Å². The van der Waals surface area contributed by atoms with E-state index in [0.717, 1.165) is 12.1 Å². The molecule has 1 aromatic rings. The Morgan fingerprint density at radius 3 is 2.93 bits per heavy atom. The number of benzene rings is 1. The first-order valence-electron chi connectivity index (χ1n) is 5.02. The number of rotatable bonds is 1. The highest BCUT2D eigenvalue weighted by Crippen LogP contribution is 2.25. The summed E-state index contributed by atoms with van der Waals surface area (Å²) in [6, 6.07) is 8.44. The highest BCUT2D eigenvalue weighted by Gasteiger charge is 2.21. The predicted molar refractivity (Wildman–Crippen MR) is 57.5 cm³/mol. The summed E-state index contributed by atoms with van der Waals surface area (Å²) < 4.78 is 0. The number of oxime groups is 1. The van der Waals surface area contributed by atoms with Crippen molar-refractivity contribution in [2.75, 3.05) is 7.11 Å².